The number of carbonyl (C=O) groups excluding carboxylic acids is 1. The summed E-state index contributed by atoms with van der Waals surface area (Å²) in [5.41, 5.74) is 1.35. The van der Waals surface area contributed by atoms with Gasteiger partial charge in [-0.3, -0.25) is 4.79 Å². The van der Waals surface area contributed by atoms with Gasteiger partial charge in [0.05, 0.1) is 11.6 Å². The van der Waals surface area contributed by atoms with Gasteiger partial charge >= 0.3 is 0 Å². The summed E-state index contributed by atoms with van der Waals surface area (Å²) in [6, 6.07) is 5.71. The van der Waals surface area contributed by atoms with Gasteiger partial charge in [-0.05, 0) is 25.8 Å². The molecule has 1 amide bonds. The molecule has 1 N–H and O–H groups in total. The van der Waals surface area contributed by atoms with Crippen LogP contribution < -0.4 is 0 Å². The summed E-state index contributed by atoms with van der Waals surface area (Å²) in [6.07, 6.45) is 1.98. The Morgan fingerprint density at radius 1 is 1.50 bits per heavy atom. The molecule has 106 valence electrons. The van der Waals surface area contributed by atoms with Crippen LogP contribution in [0, 0.1) is 6.92 Å². The highest BCUT2D eigenvalue weighted by Gasteiger charge is 2.35. The van der Waals surface area contributed by atoms with Crippen LogP contribution in [0.4, 0.5) is 0 Å². The Hall–Kier alpha value is -1.52. The minimum Gasteiger partial charge on any atom is -0.449 e. The molecule has 20 heavy (non-hydrogen) atoms. The average molecular weight is 294 g/mol. The Morgan fingerprint density at radius 2 is 2.25 bits per heavy atom. The number of hydrogen-bond donors (Lipinski definition) is 1. The van der Waals surface area contributed by atoms with Crippen LogP contribution in [0.25, 0.3) is 11.0 Å². The molecule has 0 bridgehead atoms. The predicted molar refractivity (Wildman–Crippen MR) is 77.1 cm³/mol. The largest absolute Gasteiger partial charge is 0.449 e. The van der Waals surface area contributed by atoms with Crippen LogP contribution in [0.2, 0.25) is 5.02 Å². The summed E-state index contributed by atoms with van der Waals surface area (Å²) >= 11 is 6.10. The molecule has 1 fully saturated rings. The lowest BCUT2D eigenvalue weighted by Crippen LogP contribution is -2.35. The number of para-hydroxylation sites is 1. The molecule has 3 rings (SSSR count). The van der Waals surface area contributed by atoms with Crippen molar-refractivity contribution in [1.82, 2.24) is 4.90 Å². The lowest BCUT2D eigenvalue weighted by molar-refractivity contribution is 0.0677. The van der Waals surface area contributed by atoms with Crippen molar-refractivity contribution in [1.29, 1.82) is 0 Å². The number of halogens is 1. The maximum atomic E-state index is 12.6. The Morgan fingerprint density at radius 3 is 2.85 bits per heavy atom. The Bertz CT molecular complexity index is 660. The number of carbonyl (C=O) groups is 1. The van der Waals surface area contributed by atoms with Crippen molar-refractivity contribution in [2.24, 2.45) is 0 Å². The number of furan rings is 1. The van der Waals surface area contributed by atoms with E-state index in [2.05, 4.69) is 0 Å². The van der Waals surface area contributed by atoms with E-state index >= 15 is 0 Å². The predicted octanol–water partition coefficient (Wildman–Crippen LogP) is 2.99. The van der Waals surface area contributed by atoms with Gasteiger partial charge in [-0.25, -0.2) is 0 Å². The minimum absolute atomic E-state index is 0.0394. The third kappa shape index (κ3) is 2.19. The molecule has 1 aliphatic carbocycles. The quantitative estimate of drug-likeness (QED) is 0.943. The van der Waals surface area contributed by atoms with Crippen molar-refractivity contribution in [3.8, 4) is 0 Å². The molecule has 0 unspecified atom stereocenters. The summed E-state index contributed by atoms with van der Waals surface area (Å²) < 4.78 is 5.69. The molecule has 0 atom stereocenters. The minimum atomic E-state index is -0.161. The number of aryl methyl sites for hydroxylation is 1. The van der Waals surface area contributed by atoms with E-state index in [1.165, 1.54) is 0 Å². The van der Waals surface area contributed by atoms with Crippen molar-refractivity contribution < 1.29 is 14.3 Å². The van der Waals surface area contributed by atoms with Crippen molar-refractivity contribution in [3.05, 3.63) is 34.5 Å². The maximum Gasteiger partial charge on any atom is 0.290 e. The van der Waals surface area contributed by atoms with Crippen LogP contribution >= 0.6 is 11.6 Å². The molecular weight excluding hydrogens is 278 g/mol. The van der Waals surface area contributed by atoms with Gasteiger partial charge in [0.2, 0.25) is 0 Å². The lowest BCUT2D eigenvalue weighted by Gasteiger charge is -2.20. The average Bonchev–Trinajstić information content (AvgIpc) is 3.21. The van der Waals surface area contributed by atoms with Gasteiger partial charge in [0.1, 0.15) is 0 Å². The first-order valence-electron chi connectivity index (χ1n) is 6.73. The number of aliphatic hydroxyl groups excluding tert-OH is 1. The van der Waals surface area contributed by atoms with Gasteiger partial charge in [0.15, 0.2) is 11.3 Å². The van der Waals surface area contributed by atoms with Crippen LogP contribution in [-0.2, 0) is 0 Å². The normalized spacial score (nSPS) is 14.8. The monoisotopic (exact) mass is 293 g/mol. The first kappa shape index (κ1) is 13.5. The van der Waals surface area contributed by atoms with Crippen molar-refractivity contribution in [3.63, 3.8) is 0 Å². The fourth-order valence-corrected chi connectivity index (χ4v) is 2.70. The Labute approximate surface area is 121 Å². The number of aliphatic hydroxyl groups is 1. The van der Waals surface area contributed by atoms with Gasteiger partial charge in [-0.1, -0.05) is 23.7 Å². The fourth-order valence-electron chi connectivity index (χ4n) is 2.49. The van der Waals surface area contributed by atoms with E-state index in [0.29, 0.717) is 22.9 Å². The second-order valence-electron chi connectivity index (χ2n) is 5.13. The lowest BCUT2D eigenvalue weighted by atomic mass is 10.1. The molecule has 1 aromatic carbocycles. The highest BCUT2D eigenvalue weighted by atomic mass is 35.5. The molecular formula is C15H16ClNO3. The number of hydrogen-bond acceptors (Lipinski definition) is 3. The van der Waals surface area contributed by atoms with E-state index in [1.54, 1.807) is 11.0 Å². The van der Waals surface area contributed by atoms with Gasteiger partial charge in [-0.15, -0.1) is 0 Å². The molecule has 0 saturated heterocycles. The number of nitrogens with zero attached hydrogens (tertiary/aromatic N) is 1. The van der Waals surface area contributed by atoms with E-state index in [9.17, 15) is 4.79 Å². The van der Waals surface area contributed by atoms with E-state index in [1.807, 2.05) is 19.1 Å². The van der Waals surface area contributed by atoms with Crippen LogP contribution in [0.5, 0.6) is 0 Å². The highest BCUT2D eigenvalue weighted by molar-refractivity contribution is 6.35. The van der Waals surface area contributed by atoms with E-state index < -0.39 is 0 Å². The molecule has 1 saturated carbocycles. The standard InChI is InChI=1S/C15H16ClNO3/c1-9-11-3-2-4-12(16)14(11)20-13(9)15(19)17(7-8-18)10-5-6-10/h2-4,10,18H,5-8H2,1H3. The third-order valence-electron chi connectivity index (χ3n) is 3.70. The molecule has 4 nitrogen and oxygen atoms in total. The van der Waals surface area contributed by atoms with Crippen molar-refractivity contribution in [2.45, 2.75) is 25.8 Å². The molecule has 0 spiro atoms. The summed E-state index contributed by atoms with van der Waals surface area (Å²) in [4.78, 5) is 14.3. The van der Waals surface area contributed by atoms with Gasteiger partial charge in [-0.2, -0.15) is 0 Å². The van der Waals surface area contributed by atoms with E-state index in [-0.39, 0.29) is 18.6 Å². The molecule has 1 heterocycles. The summed E-state index contributed by atoms with van der Waals surface area (Å²) in [7, 11) is 0. The topological polar surface area (TPSA) is 53.7 Å². The fraction of sp³-hybridized carbons (Fsp3) is 0.400. The van der Waals surface area contributed by atoms with Gasteiger partial charge in [0.25, 0.3) is 5.91 Å². The smallest absolute Gasteiger partial charge is 0.290 e. The highest BCUT2D eigenvalue weighted by Crippen LogP contribution is 2.33. The third-order valence-corrected chi connectivity index (χ3v) is 4.00. The molecule has 2 aromatic rings. The molecule has 0 aliphatic heterocycles. The Kier molecular flexibility index (Phi) is 3.44. The number of fused-ring (bicyclic) bond motifs is 1. The van der Waals surface area contributed by atoms with Crippen LogP contribution in [-0.4, -0.2) is 35.1 Å². The van der Waals surface area contributed by atoms with Crippen molar-refractivity contribution in [2.75, 3.05) is 13.2 Å². The summed E-state index contributed by atoms with van der Waals surface area (Å²) in [6.45, 7) is 2.16. The summed E-state index contributed by atoms with van der Waals surface area (Å²) in [5, 5.41) is 10.5. The molecule has 1 aliphatic rings. The van der Waals surface area contributed by atoms with Crippen LogP contribution in [0.1, 0.15) is 29.0 Å². The number of rotatable bonds is 4. The summed E-state index contributed by atoms with van der Waals surface area (Å²) in [5.74, 6) is 0.166. The van der Waals surface area contributed by atoms with Gasteiger partial charge < -0.3 is 14.4 Å². The maximum absolute atomic E-state index is 12.6. The molecule has 0 radical (unpaired) electrons. The molecule has 5 heteroatoms. The second-order valence-corrected chi connectivity index (χ2v) is 5.53. The van der Waals surface area contributed by atoms with Crippen molar-refractivity contribution >= 4 is 28.5 Å². The zero-order valence-corrected chi connectivity index (χ0v) is 12.0. The SMILES string of the molecule is Cc1c(C(=O)N(CCO)C2CC2)oc2c(Cl)cccc12. The van der Waals surface area contributed by atoms with Crippen LogP contribution in [0.15, 0.2) is 22.6 Å². The first-order valence-corrected chi connectivity index (χ1v) is 7.10. The number of benzene rings is 1. The zero-order chi connectivity index (χ0) is 14.3. The number of amides is 1. The molecule has 1 aromatic heterocycles. The van der Waals surface area contributed by atoms with E-state index in [0.717, 1.165) is 23.8 Å². The van der Waals surface area contributed by atoms with Crippen LogP contribution in [0.3, 0.4) is 0 Å². The van der Waals surface area contributed by atoms with Gasteiger partial charge in [0, 0.05) is 23.5 Å². The zero-order valence-electron chi connectivity index (χ0n) is 11.2. The Balaban J connectivity index is 2.02. The first-order chi connectivity index (χ1) is 9.63. The second kappa shape index (κ2) is 5.11. The van der Waals surface area contributed by atoms with E-state index in [4.69, 9.17) is 21.1 Å².